The van der Waals surface area contributed by atoms with Gasteiger partial charge in [-0.2, -0.15) is 4.98 Å². The quantitative estimate of drug-likeness (QED) is 0.675. The number of halogens is 2. The molecule has 1 aromatic heterocycles. The number of hydrogen-bond acceptors (Lipinski definition) is 8. The monoisotopic (exact) mass is 421 g/mol. The van der Waals surface area contributed by atoms with Gasteiger partial charge in [-0.1, -0.05) is 29.3 Å². The van der Waals surface area contributed by atoms with E-state index in [1.165, 1.54) is 32.4 Å². The van der Waals surface area contributed by atoms with Crippen molar-refractivity contribution in [2.75, 3.05) is 25.5 Å². The number of nitrogens with zero attached hydrogens (tertiary/aromatic N) is 2. The summed E-state index contributed by atoms with van der Waals surface area (Å²) in [5.41, 5.74) is 0. The summed E-state index contributed by atoms with van der Waals surface area (Å²) in [7, 11) is -1.64. The molecule has 140 valence electrons. The molecule has 2 rings (SSSR count). The fourth-order valence-corrected chi connectivity index (χ4v) is 3.47. The molecular formula is C14H13Cl2N3O6S. The molecule has 0 radical (unpaired) electrons. The molecule has 2 aromatic rings. The van der Waals surface area contributed by atoms with Gasteiger partial charge in [0.2, 0.25) is 11.7 Å². The third-order valence-corrected chi connectivity index (χ3v) is 5.23. The summed E-state index contributed by atoms with van der Waals surface area (Å²) in [4.78, 5) is 18.6. The number of esters is 1. The molecular weight excluding hydrogens is 409 g/mol. The lowest BCUT2D eigenvalue weighted by molar-refractivity contribution is -0.143. The standard InChI is InChI=1S/C14H13Cl2N3O6S/c1-23-11(20)7-25-10-6-17-13(14(18-10)24-2)19-26(21,22)9-5-3-4-8(15)12(9)16/h3-6H,7H2,1-2H3,(H,17,19). The molecule has 0 spiro atoms. The van der Waals surface area contributed by atoms with Crippen molar-refractivity contribution in [2.45, 2.75) is 4.90 Å². The second-order valence-corrected chi connectivity index (χ2v) is 7.02. The number of methoxy groups -OCH3 is 2. The normalized spacial score (nSPS) is 10.9. The van der Waals surface area contributed by atoms with Gasteiger partial charge in [-0.15, -0.1) is 0 Å². The highest BCUT2D eigenvalue weighted by molar-refractivity contribution is 7.92. The Morgan fingerprint density at radius 2 is 2.00 bits per heavy atom. The van der Waals surface area contributed by atoms with Crippen LogP contribution >= 0.6 is 23.2 Å². The van der Waals surface area contributed by atoms with Crippen LogP contribution in [0.15, 0.2) is 29.3 Å². The van der Waals surface area contributed by atoms with Gasteiger partial charge in [0.15, 0.2) is 6.61 Å². The zero-order chi connectivity index (χ0) is 19.3. The van der Waals surface area contributed by atoms with Crippen molar-refractivity contribution >= 4 is 45.0 Å². The highest BCUT2D eigenvalue weighted by atomic mass is 35.5. The molecule has 0 amide bonds. The number of sulfonamides is 1. The number of carbonyl (C=O) groups excluding carboxylic acids is 1. The summed E-state index contributed by atoms with van der Waals surface area (Å²) < 4.78 is 41.7. The molecule has 0 unspecified atom stereocenters. The number of ether oxygens (including phenoxy) is 3. The van der Waals surface area contributed by atoms with Crippen LogP contribution < -0.4 is 14.2 Å². The van der Waals surface area contributed by atoms with Gasteiger partial charge in [-0.05, 0) is 12.1 Å². The number of benzene rings is 1. The summed E-state index contributed by atoms with van der Waals surface area (Å²) in [6.45, 7) is -0.391. The Kier molecular flexibility index (Phi) is 6.46. The molecule has 0 aliphatic rings. The summed E-state index contributed by atoms with van der Waals surface area (Å²) in [6, 6.07) is 4.18. The van der Waals surface area contributed by atoms with Crippen LogP contribution in [0, 0.1) is 0 Å². The van der Waals surface area contributed by atoms with Crippen molar-refractivity contribution in [1.29, 1.82) is 0 Å². The Balaban J connectivity index is 2.28. The number of aromatic nitrogens is 2. The van der Waals surface area contributed by atoms with Crippen molar-refractivity contribution in [3.8, 4) is 11.8 Å². The minimum Gasteiger partial charge on any atom is -0.478 e. The van der Waals surface area contributed by atoms with Gasteiger partial charge >= 0.3 is 5.97 Å². The SMILES string of the molecule is COC(=O)COc1cnc(NS(=O)(=O)c2cccc(Cl)c2Cl)c(OC)n1. The minimum atomic E-state index is -4.11. The van der Waals surface area contributed by atoms with Gasteiger partial charge in [0.1, 0.15) is 4.90 Å². The van der Waals surface area contributed by atoms with Crippen LogP contribution in [0.1, 0.15) is 0 Å². The summed E-state index contributed by atoms with van der Waals surface area (Å²) in [5, 5.41) is -0.0502. The third-order valence-electron chi connectivity index (χ3n) is 2.91. The van der Waals surface area contributed by atoms with Gasteiger partial charge in [0, 0.05) is 0 Å². The van der Waals surface area contributed by atoms with Gasteiger partial charge in [-0.25, -0.2) is 18.2 Å². The maximum Gasteiger partial charge on any atom is 0.343 e. The lowest BCUT2D eigenvalue weighted by Crippen LogP contribution is -2.17. The molecule has 0 aliphatic heterocycles. The van der Waals surface area contributed by atoms with Crippen molar-refractivity contribution < 1.29 is 27.4 Å². The molecule has 1 N–H and O–H groups in total. The first kappa shape index (κ1) is 20.0. The van der Waals surface area contributed by atoms with E-state index >= 15 is 0 Å². The number of hydrogen-bond donors (Lipinski definition) is 1. The fraction of sp³-hybridized carbons (Fsp3) is 0.214. The van der Waals surface area contributed by atoms with Crippen LogP contribution in [0.25, 0.3) is 0 Å². The maximum absolute atomic E-state index is 12.5. The van der Waals surface area contributed by atoms with Crippen LogP contribution in [0.4, 0.5) is 5.82 Å². The lowest BCUT2D eigenvalue weighted by atomic mass is 10.4. The molecule has 1 heterocycles. The van der Waals surface area contributed by atoms with E-state index in [1.807, 2.05) is 0 Å². The molecule has 12 heteroatoms. The molecule has 0 bridgehead atoms. The lowest BCUT2D eigenvalue weighted by Gasteiger charge is -2.12. The highest BCUT2D eigenvalue weighted by Gasteiger charge is 2.23. The number of rotatable bonds is 7. The van der Waals surface area contributed by atoms with Gasteiger partial charge in [0.25, 0.3) is 15.9 Å². The van der Waals surface area contributed by atoms with Gasteiger partial charge in [-0.3, -0.25) is 4.72 Å². The first-order valence-electron chi connectivity index (χ1n) is 6.86. The second-order valence-electron chi connectivity index (χ2n) is 4.59. The predicted molar refractivity (Wildman–Crippen MR) is 93.4 cm³/mol. The second kappa shape index (κ2) is 8.39. The molecule has 26 heavy (non-hydrogen) atoms. The average molecular weight is 422 g/mol. The minimum absolute atomic E-state index is 0.0593. The maximum atomic E-state index is 12.5. The third kappa shape index (κ3) is 4.65. The number of anilines is 1. The molecule has 0 saturated heterocycles. The van der Waals surface area contributed by atoms with Crippen LogP contribution in [0.3, 0.4) is 0 Å². The smallest absolute Gasteiger partial charge is 0.343 e. The Morgan fingerprint density at radius 3 is 2.65 bits per heavy atom. The Labute approximate surface area is 159 Å². The van der Waals surface area contributed by atoms with Crippen LogP contribution in [-0.4, -0.2) is 45.2 Å². The molecule has 0 atom stereocenters. The fourth-order valence-electron chi connectivity index (χ4n) is 1.70. The summed E-state index contributed by atoms with van der Waals surface area (Å²) >= 11 is 11.8. The zero-order valence-electron chi connectivity index (χ0n) is 13.5. The first-order valence-corrected chi connectivity index (χ1v) is 9.10. The van der Waals surface area contributed by atoms with E-state index < -0.39 is 22.6 Å². The molecule has 0 aliphatic carbocycles. The molecule has 1 aromatic carbocycles. The van der Waals surface area contributed by atoms with Gasteiger partial charge < -0.3 is 14.2 Å². The average Bonchev–Trinajstić information content (AvgIpc) is 2.62. The van der Waals surface area contributed by atoms with E-state index in [4.69, 9.17) is 32.7 Å². The van der Waals surface area contributed by atoms with E-state index in [1.54, 1.807) is 0 Å². The van der Waals surface area contributed by atoms with Gasteiger partial charge in [0.05, 0.1) is 30.5 Å². The van der Waals surface area contributed by atoms with E-state index in [2.05, 4.69) is 19.4 Å². The number of nitrogens with one attached hydrogen (secondary N) is 1. The predicted octanol–water partition coefficient (Wildman–Crippen LogP) is 2.14. The van der Waals surface area contributed by atoms with E-state index in [-0.39, 0.29) is 32.5 Å². The van der Waals surface area contributed by atoms with Crippen molar-refractivity contribution in [1.82, 2.24) is 9.97 Å². The highest BCUT2D eigenvalue weighted by Crippen LogP contribution is 2.31. The molecule has 9 nitrogen and oxygen atoms in total. The topological polar surface area (TPSA) is 117 Å². The Hall–Kier alpha value is -2.30. The molecule has 0 fully saturated rings. The largest absolute Gasteiger partial charge is 0.478 e. The summed E-state index contributed by atoms with van der Waals surface area (Å²) in [5.74, 6) is -1.05. The first-order chi connectivity index (χ1) is 12.3. The Bertz CT molecular complexity index is 923. The van der Waals surface area contributed by atoms with E-state index in [9.17, 15) is 13.2 Å². The summed E-state index contributed by atoms with van der Waals surface area (Å²) in [6.07, 6.45) is 1.11. The van der Waals surface area contributed by atoms with E-state index in [0.29, 0.717) is 0 Å². The number of carbonyl (C=O) groups is 1. The molecule has 0 saturated carbocycles. The van der Waals surface area contributed by atoms with Crippen LogP contribution in [0.5, 0.6) is 11.8 Å². The van der Waals surface area contributed by atoms with Crippen LogP contribution in [-0.2, 0) is 19.6 Å². The zero-order valence-corrected chi connectivity index (χ0v) is 15.9. The Morgan fingerprint density at radius 1 is 1.27 bits per heavy atom. The van der Waals surface area contributed by atoms with E-state index in [0.717, 1.165) is 6.20 Å². The van der Waals surface area contributed by atoms with Crippen molar-refractivity contribution in [3.05, 3.63) is 34.4 Å². The van der Waals surface area contributed by atoms with Crippen molar-refractivity contribution in [2.24, 2.45) is 0 Å². The van der Waals surface area contributed by atoms with Crippen molar-refractivity contribution in [3.63, 3.8) is 0 Å². The van der Waals surface area contributed by atoms with Crippen LogP contribution in [0.2, 0.25) is 10.0 Å².